The zero-order valence-corrected chi connectivity index (χ0v) is 13.7. The highest BCUT2D eigenvalue weighted by Crippen LogP contribution is 2.29. The van der Waals surface area contributed by atoms with Crippen LogP contribution in [0.1, 0.15) is 46.1 Å². The summed E-state index contributed by atoms with van der Waals surface area (Å²) in [6.07, 6.45) is 1.99. The third-order valence-corrected chi connectivity index (χ3v) is 3.96. The summed E-state index contributed by atoms with van der Waals surface area (Å²) < 4.78 is 29.5. The Morgan fingerprint density at radius 1 is 1.18 bits per heavy atom. The summed E-state index contributed by atoms with van der Waals surface area (Å²) in [4.78, 5) is 0. The van der Waals surface area contributed by atoms with Crippen LogP contribution in [0.3, 0.4) is 0 Å². The molecule has 1 heterocycles. The Morgan fingerprint density at radius 2 is 1.77 bits per heavy atom. The van der Waals surface area contributed by atoms with Crippen molar-refractivity contribution in [1.82, 2.24) is 10.6 Å². The molecule has 0 unspecified atom stereocenters. The van der Waals surface area contributed by atoms with Crippen LogP contribution in [0.2, 0.25) is 0 Å². The molecule has 0 bridgehead atoms. The second-order valence-electron chi connectivity index (χ2n) is 7.37. The van der Waals surface area contributed by atoms with Gasteiger partial charge in [0.25, 0.3) is 0 Å². The first-order chi connectivity index (χ1) is 10.2. The number of ether oxygens (including phenoxy) is 1. The van der Waals surface area contributed by atoms with Gasteiger partial charge in [0.05, 0.1) is 0 Å². The van der Waals surface area contributed by atoms with E-state index in [1.165, 1.54) is 0 Å². The van der Waals surface area contributed by atoms with E-state index in [1.54, 1.807) is 12.1 Å². The van der Waals surface area contributed by atoms with E-state index in [1.807, 2.05) is 12.1 Å². The number of piperidine rings is 1. The number of hydrogen-bond acceptors (Lipinski definition) is 3. The topological polar surface area (TPSA) is 33.3 Å². The van der Waals surface area contributed by atoms with Crippen LogP contribution in [0.4, 0.5) is 8.78 Å². The standard InChI is InChI=1S/C17H26F2N2O/c1-16(2)9-13(10-17(3,4)21-16)20-11-12-7-5-6-8-14(12)22-15(18)19/h5-8,13,15,20-21H,9-11H2,1-4H3. The van der Waals surface area contributed by atoms with Crippen LogP contribution in [-0.4, -0.2) is 23.7 Å². The summed E-state index contributed by atoms with van der Waals surface area (Å²) >= 11 is 0. The number of rotatable bonds is 5. The molecule has 2 rings (SSSR count). The van der Waals surface area contributed by atoms with Gasteiger partial charge in [-0.1, -0.05) is 18.2 Å². The monoisotopic (exact) mass is 312 g/mol. The molecule has 22 heavy (non-hydrogen) atoms. The van der Waals surface area contributed by atoms with E-state index in [4.69, 9.17) is 0 Å². The maximum absolute atomic E-state index is 12.4. The van der Waals surface area contributed by atoms with E-state index < -0.39 is 6.61 Å². The molecule has 124 valence electrons. The molecule has 0 atom stereocenters. The summed E-state index contributed by atoms with van der Waals surface area (Å²) in [5, 5.41) is 7.13. The van der Waals surface area contributed by atoms with Gasteiger partial charge in [-0.2, -0.15) is 8.78 Å². The first kappa shape index (κ1) is 17.2. The minimum atomic E-state index is -2.79. The molecule has 0 radical (unpaired) electrons. The Hall–Kier alpha value is -1.20. The lowest BCUT2D eigenvalue weighted by molar-refractivity contribution is -0.0505. The van der Waals surface area contributed by atoms with Crippen molar-refractivity contribution in [3.8, 4) is 5.75 Å². The molecule has 3 nitrogen and oxygen atoms in total. The van der Waals surface area contributed by atoms with Gasteiger partial charge in [0.2, 0.25) is 0 Å². The Labute approximate surface area is 131 Å². The van der Waals surface area contributed by atoms with Gasteiger partial charge in [0, 0.05) is 29.2 Å². The number of alkyl halides is 2. The fourth-order valence-corrected chi connectivity index (χ4v) is 3.58. The van der Waals surface area contributed by atoms with Crippen LogP contribution in [0.25, 0.3) is 0 Å². The lowest BCUT2D eigenvalue weighted by atomic mass is 9.79. The van der Waals surface area contributed by atoms with E-state index in [9.17, 15) is 8.78 Å². The third-order valence-electron chi connectivity index (χ3n) is 3.96. The lowest BCUT2D eigenvalue weighted by Gasteiger charge is -2.46. The zero-order chi connectivity index (χ0) is 16.4. The second kappa shape index (κ2) is 6.50. The number of para-hydroxylation sites is 1. The van der Waals surface area contributed by atoms with Crippen molar-refractivity contribution in [3.63, 3.8) is 0 Å². The largest absolute Gasteiger partial charge is 0.434 e. The summed E-state index contributed by atoms with van der Waals surface area (Å²) in [5.74, 6) is 0.248. The van der Waals surface area contributed by atoms with Crippen molar-refractivity contribution in [2.75, 3.05) is 0 Å². The van der Waals surface area contributed by atoms with E-state index in [0.29, 0.717) is 12.6 Å². The van der Waals surface area contributed by atoms with Gasteiger partial charge in [0.1, 0.15) is 5.75 Å². The molecule has 0 saturated carbocycles. The van der Waals surface area contributed by atoms with E-state index >= 15 is 0 Å². The first-order valence-corrected chi connectivity index (χ1v) is 7.72. The van der Waals surface area contributed by atoms with Crippen LogP contribution in [0.15, 0.2) is 24.3 Å². The summed E-state index contributed by atoms with van der Waals surface area (Å²) in [6, 6.07) is 7.29. The van der Waals surface area contributed by atoms with Crippen LogP contribution in [0.5, 0.6) is 5.75 Å². The average molecular weight is 312 g/mol. The van der Waals surface area contributed by atoms with Crippen LogP contribution >= 0.6 is 0 Å². The molecular formula is C17H26F2N2O. The smallest absolute Gasteiger partial charge is 0.387 e. The van der Waals surface area contributed by atoms with E-state index in [2.05, 4.69) is 43.1 Å². The van der Waals surface area contributed by atoms with Crippen LogP contribution in [-0.2, 0) is 6.54 Å². The van der Waals surface area contributed by atoms with Crippen molar-refractivity contribution in [1.29, 1.82) is 0 Å². The molecule has 1 saturated heterocycles. The van der Waals surface area contributed by atoms with Crippen molar-refractivity contribution in [2.24, 2.45) is 0 Å². The quantitative estimate of drug-likeness (QED) is 0.870. The molecule has 1 aliphatic heterocycles. The molecular weight excluding hydrogens is 286 g/mol. The fourth-order valence-electron chi connectivity index (χ4n) is 3.58. The van der Waals surface area contributed by atoms with E-state index in [-0.39, 0.29) is 16.8 Å². The third kappa shape index (κ3) is 4.92. The molecule has 5 heteroatoms. The molecule has 0 aromatic heterocycles. The molecule has 1 fully saturated rings. The average Bonchev–Trinajstić information content (AvgIpc) is 2.33. The van der Waals surface area contributed by atoms with Gasteiger partial charge >= 0.3 is 6.61 Å². The van der Waals surface area contributed by atoms with Gasteiger partial charge in [-0.25, -0.2) is 0 Å². The normalized spacial score (nSPS) is 21.0. The Balaban J connectivity index is 2.01. The van der Waals surface area contributed by atoms with Gasteiger partial charge in [0.15, 0.2) is 0 Å². The van der Waals surface area contributed by atoms with Crippen LogP contribution in [0, 0.1) is 0 Å². The maximum atomic E-state index is 12.4. The zero-order valence-electron chi connectivity index (χ0n) is 13.7. The van der Waals surface area contributed by atoms with E-state index in [0.717, 1.165) is 18.4 Å². The molecule has 2 N–H and O–H groups in total. The highest BCUT2D eigenvalue weighted by Gasteiger charge is 2.37. The predicted molar refractivity (Wildman–Crippen MR) is 84.2 cm³/mol. The summed E-state index contributed by atoms with van der Waals surface area (Å²) in [7, 11) is 0. The second-order valence-corrected chi connectivity index (χ2v) is 7.37. The Morgan fingerprint density at radius 3 is 2.36 bits per heavy atom. The highest BCUT2D eigenvalue weighted by atomic mass is 19.3. The van der Waals surface area contributed by atoms with Gasteiger partial charge in [-0.05, 0) is 46.6 Å². The van der Waals surface area contributed by atoms with Crippen molar-refractivity contribution in [3.05, 3.63) is 29.8 Å². The predicted octanol–water partition coefficient (Wildman–Crippen LogP) is 3.69. The van der Waals surface area contributed by atoms with Gasteiger partial charge in [-0.15, -0.1) is 0 Å². The summed E-state index contributed by atoms with van der Waals surface area (Å²) in [6.45, 7) is 6.50. The Bertz CT molecular complexity index is 487. The number of hydrogen-bond donors (Lipinski definition) is 2. The van der Waals surface area contributed by atoms with Crippen molar-refractivity contribution in [2.45, 2.75) is 70.8 Å². The van der Waals surface area contributed by atoms with Crippen LogP contribution < -0.4 is 15.4 Å². The van der Waals surface area contributed by atoms with Crippen molar-refractivity contribution < 1.29 is 13.5 Å². The molecule has 0 spiro atoms. The number of benzene rings is 1. The minimum absolute atomic E-state index is 0.0540. The SMILES string of the molecule is CC1(C)CC(NCc2ccccc2OC(F)F)CC(C)(C)N1. The van der Waals surface area contributed by atoms with Crippen molar-refractivity contribution >= 4 is 0 Å². The molecule has 0 aliphatic carbocycles. The molecule has 1 aliphatic rings. The molecule has 1 aromatic rings. The lowest BCUT2D eigenvalue weighted by Crippen LogP contribution is -2.61. The number of halogens is 2. The van der Waals surface area contributed by atoms with Gasteiger partial charge < -0.3 is 15.4 Å². The molecule has 0 amide bonds. The van der Waals surface area contributed by atoms with Gasteiger partial charge in [-0.3, -0.25) is 0 Å². The molecule has 1 aromatic carbocycles. The fraction of sp³-hybridized carbons (Fsp3) is 0.647. The maximum Gasteiger partial charge on any atom is 0.387 e. The highest BCUT2D eigenvalue weighted by molar-refractivity contribution is 5.33. The first-order valence-electron chi connectivity index (χ1n) is 7.72. The minimum Gasteiger partial charge on any atom is -0.434 e. The number of nitrogens with one attached hydrogen (secondary N) is 2. The Kier molecular flexibility index (Phi) is 5.07. The summed E-state index contributed by atoms with van der Waals surface area (Å²) in [5.41, 5.74) is 0.869.